The van der Waals surface area contributed by atoms with Crippen molar-refractivity contribution < 1.29 is 5.11 Å². The van der Waals surface area contributed by atoms with E-state index in [1.165, 1.54) is 0 Å². The molecule has 3 aromatic rings. The summed E-state index contributed by atoms with van der Waals surface area (Å²) in [5.74, 6) is 0.283. The molecule has 3 rings (SSSR count). The van der Waals surface area contributed by atoms with Gasteiger partial charge in [0, 0.05) is 17.1 Å². The van der Waals surface area contributed by atoms with Crippen LogP contribution in [0.5, 0.6) is 5.75 Å². The molecule has 0 atom stereocenters. The van der Waals surface area contributed by atoms with Crippen molar-refractivity contribution in [3.63, 3.8) is 0 Å². The van der Waals surface area contributed by atoms with Crippen molar-refractivity contribution in [3.05, 3.63) is 36.5 Å². The molecule has 0 amide bonds. The number of phenols is 1. The quantitative estimate of drug-likeness (QED) is 0.562. The van der Waals surface area contributed by atoms with Crippen molar-refractivity contribution in [1.29, 1.82) is 0 Å². The third-order valence-corrected chi connectivity index (χ3v) is 2.42. The molecule has 0 saturated heterocycles. The maximum absolute atomic E-state index is 9.63. The highest BCUT2D eigenvalue weighted by Gasteiger charge is 2.06. The second-order valence-electron chi connectivity index (χ2n) is 3.38. The topological polar surface area (TPSA) is 64.7 Å². The van der Waals surface area contributed by atoms with E-state index in [1.54, 1.807) is 12.3 Å². The predicted octanol–water partition coefficient (Wildman–Crippen LogP) is 2.26. The predicted molar refractivity (Wildman–Crippen MR) is 57.5 cm³/mol. The summed E-state index contributed by atoms with van der Waals surface area (Å²) in [6, 6.07) is 9.17. The van der Waals surface area contributed by atoms with Crippen molar-refractivity contribution in [2.75, 3.05) is 0 Å². The minimum atomic E-state index is 0.283. The Hall–Kier alpha value is -2.23. The molecule has 2 heterocycles. The number of rotatable bonds is 1. The molecule has 0 spiro atoms. The standard InChI is InChI=1S/C11H9N3O/c15-11-3-1-2-8-7(11)6-10(13-8)9-4-5-12-14-9/h1-6,13,15H,(H,12,14). The summed E-state index contributed by atoms with van der Waals surface area (Å²) in [5, 5.41) is 17.3. The summed E-state index contributed by atoms with van der Waals surface area (Å²) in [5.41, 5.74) is 2.64. The SMILES string of the molecule is Oc1cccc2[nH]c(-c3cc[nH]n3)cc12. The fourth-order valence-corrected chi connectivity index (χ4v) is 1.69. The number of fused-ring (bicyclic) bond motifs is 1. The molecule has 4 nitrogen and oxygen atoms in total. The molecule has 0 bridgehead atoms. The van der Waals surface area contributed by atoms with E-state index in [9.17, 15) is 5.11 Å². The van der Waals surface area contributed by atoms with Crippen molar-refractivity contribution in [3.8, 4) is 17.1 Å². The van der Waals surface area contributed by atoms with E-state index in [1.807, 2.05) is 24.3 Å². The lowest BCUT2D eigenvalue weighted by Crippen LogP contribution is -1.75. The average Bonchev–Trinajstić information content (AvgIpc) is 2.86. The number of nitrogens with zero attached hydrogens (tertiary/aromatic N) is 1. The summed E-state index contributed by atoms with van der Waals surface area (Å²) in [6.07, 6.45) is 1.76. The van der Waals surface area contributed by atoms with Crippen LogP contribution in [-0.2, 0) is 0 Å². The monoisotopic (exact) mass is 199 g/mol. The van der Waals surface area contributed by atoms with Gasteiger partial charge in [-0.25, -0.2) is 0 Å². The van der Waals surface area contributed by atoms with Crippen LogP contribution in [0.2, 0.25) is 0 Å². The normalized spacial score (nSPS) is 10.9. The largest absolute Gasteiger partial charge is 0.507 e. The third kappa shape index (κ3) is 1.19. The summed E-state index contributed by atoms with van der Waals surface area (Å²) in [4.78, 5) is 3.20. The number of hydrogen-bond acceptors (Lipinski definition) is 2. The molecule has 0 aliphatic heterocycles. The van der Waals surface area contributed by atoms with Crippen LogP contribution < -0.4 is 0 Å². The zero-order chi connectivity index (χ0) is 10.3. The van der Waals surface area contributed by atoms with E-state index in [4.69, 9.17) is 0 Å². The van der Waals surface area contributed by atoms with Gasteiger partial charge in [-0.15, -0.1) is 0 Å². The number of H-pyrrole nitrogens is 2. The minimum Gasteiger partial charge on any atom is -0.507 e. The molecule has 2 aromatic heterocycles. The number of nitrogens with one attached hydrogen (secondary N) is 2. The zero-order valence-corrected chi connectivity index (χ0v) is 7.86. The highest BCUT2D eigenvalue weighted by Crippen LogP contribution is 2.28. The lowest BCUT2D eigenvalue weighted by molar-refractivity contribution is 0.482. The first-order chi connectivity index (χ1) is 7.34. The van der Waals surface area contributed by atoms with Gasteiger partial charge in [-0.2, -0.15) is 5.10 Å². The van der Waals surface area contributed by atoms with Gasteiger partial charge in [-0.3, -0.25) is 5.10 Å². The molecule has 1 aromatic carbocycles. The van der Waals surface area contributed by atoms with Crippen LogP contribution in [0.4, 0.5) is 0 Å². The maximum atomic E-state index is 9.63. The van der Waals surface area contributed by atoms with E-state index >= 15 is 0 Å². The molecule has 0 radical (unpaired) electrons. The fraction of sp³-hybridized carbons (Fsp3) is 0. The van der Waals surface area contributed by atoms with E-state index in [2.05, 4.69) is 15.2 Å². The van der Waals surface area contributed by atoms with Gasteiger partial charge in [0.1, 0.15) is 11.4 Å². The average molecular weight is 199 g/mol. The summed E-state index contributed by atoms with van der Waals surface area (Å²) >= 11 is 0. The number of aromatic amines is 2. The molecule has 0 unspecified atom stereocenters. The molecule has 0 aliphatic rings. The van der Waals surface area contributed by atoms with Crippen molar-refractivity contribution in [2.24, 2.45) is 0 Å². The Morgan fingerprint density at radius 2 is 2.13 bits per heavy atom. The molecule has 15 heavy (non-hydrogen) atoms. The Labute approximate surface area is 85.6 Å². The first-order valence-electron chi connectivity index (χ1n) is 4.65. The second kappa shape index (κ2) is 2.88. The van der Waals surface area contributed by atoms with Gasteiger partial charge in [0.05, 0.1) is 5.69 Å². The molecule has 0 aliphatic carbocycles. The van der Waals surface area contributed by atoms with Crippen LogP contribution in [-0.4, -0.2) is 20.3 Å². The van der Waals surface area contributed by atoms with Gasteiger partial charge < -0.3 is 10.1 Å². The van der Waals surface area contributed by atoms with Crippen LogP contribution in [0.1, 0.15) is 0 Å². The molecule has 4 heteroatoms. The van der Waals surface area contributed by atoms with Gasteiger partial charge in [0.15, 0.2) is 0 Å². The summed E-state index contributed by atoms with van der Waals surface area (Å²) in [6.45, 7) is 0. The van der Waals surface area contributed by atoms with Crippen LogP contribution in [0.15, 0.2) is 36.5 Å². The Balaban J connectivity index is 2.27. The number of aromatic nitrogens is 3. The lowest BCUT2D eigenvalue weighted by atomic mass is 10.2. The molecular weight excluding hydrogens is 190 g/mol. The highest BCUT2D eigenvalue weighted by molar-refractivity contribution is 5.90. The Bertz CT molecular complexity index is 595. The number of aromatic hydroxyl groups is 1. The Morgan fingerprint density at radius 1 is 1.20 bits per heavy atom. The minimum absolute atomic E-state index is 0.283. The number of hydrogen-bond donors (Lipinski definition) is 3. The van der Waals surface area contributed by atoms with Gasteiger partial charge in [-0.1, -0.05) is 6.07 Å². The van der Waals surface area contributed by atoms with Crippen LogP contribution in [0, 0.1) is 0 Å². The van der Waals surface area contributed by atoms with E-state index < -0.39 is 0 Å². The molecule has 0 saturated carbocycles. The lowest BCUT2D eigenvalue weighted by Gasteiger charge is -1.91. The molecule has 0 fully saturated rings. The van der Waals surface area contributed by atoms with Crippen LogP contribution >= 0.6 is 0 Å². The molecule has 3 N–H and O–H groups in total. The summed E-state index contributed by atoms with van der Waals surface area (Å²) in [7, 11) is 0. The fourth-order valence-electron chi connectivity index (χ4n) is 1.69. The van der Waals surface area contributed by atoms with E-state index in [0.717, 1.165) is 22.3 Å². The third-order valence-electron chi connectivity index (χ3n) is 2.42. The Morgan fingerprint density at radius 3 is 2.87 bits per heavy atom. The van der Waals surface area contributed by atoms with Gasteiger partial charge in [0.2, 0.25) is 0 Å². The van der Waals surface area contributed by atoms with Gasteiger partial charge >= 0.3 is 0 Å². The number of benzene rings is 1. The van der Waals surface area contributed by atoms with E-state index in [0.29, 0.717) is 0 Å². The maximum Gasteiger partial charge on any atom is 0.124 e. The van der Waals surface area contributed by atoms with Crippen LogP contribution in [0.25, 0.3) is 22.3 Å². The smallest absolute Gasteiger partial charge is 0.124 e. The van der Waals surface area contributed by atoms with Crippen molar-refractivity contribution in [2.45, 2.75) is 0 Å². The number of phenolic OH excluding ortho intramolecular Hbond substituents is 1. The van der Waals surface area contributed by atoms with Gasteiger partial charge in [0.25, 0.3) is 0 Å². The first-order valence-corrected chi connectivity index (χ1v) is 4.65. The zero-order valence-electron chi connectivity index (χ0n) is 7.86. The van der Waals surface area contributed by atoms with Crippen molar-refractivity contribution >= 4 is 10.9 Å². The van der Waals surface area contributed by atoms with E-state index in [-0.39, 0.29) is 5.75 Å². The van der Waals surface area contributed by atoms with Crippen molar-refractivity contribution in [1.82, 2.24) is 15.2 Å². The van der Waals surface area contributed by atoms with Crippen LogP contribution in [0.3, 0.4) is 0 Å². The molecule has 74 valence electrons. The molecular formula is C11H9N3O. The highest BCUT2D eigenvalue weighted by atomic mass is 16.3. The Kier molecular flexibility index (Phi) is 1.56. The summed E-state index contributed by atoms with van der Waals surface area (Å²) < 4.78 is 0. The van der Waals surface area contributed by atoms with Gasteiger partial charge in [-0.05, 0) is 24.3 Å². The second-order valence-corrected chi connectivity index (χ2v) is 3.38. The first kappa shape index (κ1) is 8.11.